The third-order valence-corrected chi connectivity index (χ3v) is 4.19. The van der Waals surface area contributed by atoms with Gasteiger partial charge in [-0.05, 0) is 24.3 Å². The summed E-state index contributed by atoms with van der Waals surface area (Å²) in [6.45, 7) is 0.0633. The summed E-state index contributed by atoms with van der Waals surface area (Å²) < 4.78 is 18.2. The molecule has 5 N–H and O–H groups in total. The predicted octanol–water partition coefficient (Wildman–Crippen LogP) is 1.73. The molecule has 2 aromatic carbocycles. The second kappa shape index (κ2) is 8.95. The largest absolute Gasteiger partial charge is 0.496 e. The molecule has 0 aliphatic rings. The summed E-state index contributed by atoms with van der Waals surface area (Å²) in [4.78, 5) is 11.8. The number of benzene rings is 2. The van der Waals surface area contributed by atoms with Crippen LogP contribution in [0.4, 0.5) is 10.5 Å². The lowest BCUT2D eigenvalue weighted by Crippen LogP contribution is -2.48. The number of urea groups is 1. The van der Waals surface area contributed by atoms with Crippen molar-refractivity contribution in [2.24, 2.45) is 11.7 Å². The molecule has 0 bridgehead atoms. The van der Waals surface area contributed by atoms with Crippen LogP contribution in [0.25, 0.3) is 5.69 Å². The van der Waals surface area contributed by atoms with E-state index < -0.39 is 6.03 Å². The van der Waals surface area contributed by atoms with Crippen LogP contribution in [-0.2, 0) is 6.61 Å². The topological polar surface area (TPSA) is 130 Å². The van der Waals surface area contributed by atoms with E-state index in [9.17, 15) is 4.79 Å². The quantitative estimate of drug-likeness (QED) is 0.314. The van der Waals surface area contributed by atoms with Crippen molar-refractivity contribution in [3.05, 3.63) is 60.3 Å². The van der Waals surface area contributed by atoms with Crippen LogP contribution >= 0.6 is 0 Å². The third-order valence-electron chi connectivity index (χ3n) is 4.19. The van der Waals surface area contributed by atoms with Crippen molar-refractivity contribution in [3.8, 4) is 23.1 Å². The maximum atomic E-state index is 11.8. The fourth-order valence-electron chi connectivity index (χ4n) is 2.78. The molecule has 10 nitrogen and oxygen atoms in total. The second-order valence-electron chi connectivity index (χ2n) is 5.84. The molecular weight excluding hydrogens is 376 g/mol. The molecule has 0 fully saturated rings. The fraction of sp³-hybridized carbons (Fsp3) is 0.158. The van der Waals surface area contributed by atoms with E-state index >= 15 is 0 Å². The summed E-state index contributed by atoms with van der Waals surface area (Å²) in [6.07, 6.45) is 1.76. The van der Waals surface area contributed by atoms with Gasteiger partial charge in [-0.3, -0.25) is 5.43 Å². The Hall–Kier alpha value is -3.76. The molecule has 29 heavy (non-hydrogen) atoms. The third kappa shape index (κ3) is 4.23. The number of nitrogens with zero attached hydrogens (tertiary/aromatic N) is 3. The summed E-state index contributed by atoms with van der Waals surface area (Å²) in [6, 6.07) is 13.6. The summed E-state index contributed by atoms with van der Waals surface area (Å²) >= 11 is 0. The lowest BCUT2D eigenvalue weighted by atomic mass is 10.1. The number of aromatic nitrogens is 2. The van der Waals surface area contributed by atoms with E-state index in [0.29, 0.717) is 28.6 Å². The first-order valence-electron chi connectivity index (χ1n) is 8.62. The van der Waals surface area contributed by atoms with Gasteiger partial charge in [-0.2, -0.15) is 0 Å². The standard InChI is InChI=1S/C19H22N6O4/c1-27-16-9-5-7-14(25(21)19(26)22-20)13(16)12-29-18-10-11-24(23-18)15-6-3-4-8-17(15)28-2/h3-11H,12,20-21H2,1-2H3,(H,22,26). The van der Waals surface area contributed by atoms with E-state index in [1.807, 2.05) is 29.7 Å². The number of anilines is 1. The van der Waals surface area contributed by atoms with Crippen molar-refractivity contribution >= 4 is 11.7 Å². The normalized spacial score (nSPS) is 10.3. The summed E-state index contributed by atoms with van der Waals surface area (Å²) in [5, 5.41) is 5.30. The number of amides is 2. The van der Waals surface area contributed by atoms with Crippen LogP contribution in [-0.4, -0.2) is 30.0 Å². The lowest BCUT2D eigenvalue weighted by molar-refractivity contribution is 0.246. The molecule has 2 amide bonds. The highest BCUT2D eigenvalue weighted by Crippen LogP contribution is 2.30. The highest BCUT2D eigenvalue weighted by Gasteiger charge is 2.19. The summed E-state index contributed by atoms with van der Waals surface area (Å²) in [7, 11) is 3.11. The van der Waals surface area contributed by atoms with Gasteiger partial charge in [-0.15, -0.1) is 5.10 Å². The van der Waals surface area contributed by atoms with Crippen LogP contribution in [0.1, 0.15) is 5.56 Å². The van der Waals surface area contributed by atoms with Gasteiger partial charge in [0.1, 0.15) is 23.8 Å². The second-order valence-corrected chi connectivity index (χ2v) is 5.84. The Kier molecular flexibility index (Phi) is 6.17. The Morgan fingerprint density at radius 2 is 1.83 bits per heavy atom. The van der Waals surface area contributed by atoms with Crippen molar-refractivity contribution in [2.45, 2.75) is 6.61 Å². The molecule has 0 atom stereocenters. The number of hydrogen-bond acceptors (Lipinski definition) is 7. The van der Waals surface area contributed by atoms with Crippen LogP contribution in [0.15, 0.2) is 54.7 Å². The Bertz CT molecular complexity index is 990. The number of methoxy groups -OCH3 is 2. The summed E-state index contributed by atoms with van der Waals surface area (Å²) in [5.74, 6) is 12.6. The molecular formula is C19H22N6O4. The minimum absolute atomic E-state index is 0.0633. The highest BCUT2D eigenvalue weighted by molar-refractivity contribution is 5.91. The molecule has 1 aromatic heterocycles. The van der Waals surface area contributed by atoms with E-state index in [1.54, 1.807) is 42.3 Å². The van der Waals surface area contributed by atoms with Gasteiger partial charge >= 0.3 is 6.03 Å². The van der Waals surface area contributed by atoms with Crippen molar-refractivity contribution in [1.29, 1.82) is 0 Å². The Morgan fingerprint density at radius 1 is 1.10 bits per heavy atom. The maximum Gasteiger partial charge on any atom is 0.350 e. The smallest absolute Gasteiger partial charge is 0.350 e. The van der Waals surface area contributed by atoms with Crippen molar-refractivity contribution in [3.63, 3.8) is 0 Å². The van der Waals surface area contributed by atoms with Gasteiger partial charge in [0.25, 0.3) is 0 Å². The Morgan fingerprint density at radius 3 is 2.55 bits per heavy atom. The number of carbonyl (C=O) groups excluding carboxylic acids is 1. The first-order chi connectivity index (χ1) is 14.1. The Labute approximate surface area is 167 Å². The van der Waals surface area contributed by atoms with Crippen LogP contribution in [0, 0.1) is 0 Å². The maximum absolute atomic E-state index is 11.8. The minimum Gasteiger partial charge on any atom is -0.496 e. The zero-order valence-corrected chi connectivity index (χ0v) is 16.0. The van der Waals surface area contributed by atoms with Gasteiger partial charge in [-0.25, -0.2) is 26.2 Å². The number of rotatable bonds is 7. The molecule has 0 saturated heterocycles. The number of nitrogens with one attached hydrogen (secondary N) is 1. The molecule has 0 radical (unpaired) electrons. The summed E-state index contributed by atoms with van der Waals surface area (Å²) in [5.41, 5.74) is 3.71. The number of ether oxygens (including phenoxy) is 3. The van der Waals surface area contributed by atoms with Crippen molar-refractivity contribution in [2.75, 3.05) is 19.2 Å². The average Bonchev–Trinajstić information content (AvgIpc) is 3.25. The average molecular weight is 398 g/mol. The van der Waals surface area contributed by atoms with Crippen molar-refractivity contribution in [1.82, 2.24) is 15.2 Å². The van der Waals surface area contributed by atoms with E-state index in [4.69, 9.17) is 25.9 Å². The molecule has 3 rings (SSSR count). The van der Waals surface area contributed by atoms with Crippen LogP contribution in [0.5, 0.6) is 17.4 Å². The molecule has 0 spiro atoms. The SMILES string of the molecule is COc1ccccc1-n1ccc(OCc2c(OC)cccc2N(N)C(=O)NN)n1. The zero-order valence-electron chi connectivity index (χ0n) is 16.0. The number of nitrogens with two attached hydrogens (primary N) is 2. The van der Waals surface area contributed by atoms with E-state index in [-0.39, 0.29) is 6.61 Å². The molecule has 10 heteroatoms. The molecule has 0 saturated carbocycles. The monoisotopic (exact) mass is 398 g/mol. The van der Waals surface area contributed by atoms with Crippen LogP contribution in [0.3, 0.4) is 0 Å². The Balaban J connectivity index is 1.84. The molecule has 0 aliphatic heterocycles. The molecule has 0 aliphatic carbocycles. The fourth-order valence-corrected chi connectivity index (χ4v) is 2.78. The number of hydrogen-bond donors (Lipinski definition) is 3. The van der Waals surface area contributed by atoms with Gasteiger partial charge < -0.3 is 14.2 Å². The molecule has 1 heterocycles. The number of para-hydroxylation sites is 2. The highest BCUT2D eigenvalue weighted by atomic mass is 16.5. The number of carbonyl (C=O) groups is 1. The zero-order chi connectivity index (χ0) is 20.8. The predicted molar refractivity (Wildman–Crippen MR) is 107 cm³/mol. The lowest BCUT2D eigenvalue weighted by Gasteiger charge is -2.21. The molecule has 152 valence electrons. The molecule has 3 aromatic rings. The van der Waals surface area contributed by atoms with E-state index in [1.165, 1.54) is 7.11 Å². The van der Waals surface area contributed by atoms with Gasteiger partial charge in [0.2, 0.25) is 5.88 Å². The minimum atomic E-state index is -0.681. The van der Waals surface area contributed by atoms with Gasteiger partial charge in [0, 0.05) is 12.3 Å². The van der Waals surface area contributed by atoms with E-state index in [0.717, 1.165) is 10.7 Å². The van der Waals surface area contributed by atoms with E-state index in [2.05, 4.69) is 5.10 Å². The first-order valence-corrected chi connectivity index (χ1v) is 8.62. The van der Waals surface area contributed by atoms with Crippen molar-refractivity contribution < 1.29 is 19.0 Å². The van der Waals surface area contributed by atoms with Gasteiger partial charge in [0.15, 0.2) is 0 Å². The number of hydrazine groups is 2. The van der Waals surface area contributed by atoms with Gasteiger partial charge in [0.05, 0.1) is 25.5 Å². The van der Waals surface area contributed by atoms with Crippen LogP contribution < -0.4 is 36.3 Å². The van der Waals surface area contributed by atoms with Crippen LogP contribution in [0.2, 0.25) is 0 Å². The van der Waals surface area contributed by atoms with Gasteiger partial charge in [-0.1, -0.05) is 18.2 Å². The first kappa shape index (κ1) is 20.0. The molecule has 0 unspecified atom stereocenters.